The minimum Gasteiger partial charge on any atom is -0.494 e. The van der Waals surface area contributed by atoms with Crippen LogP contribution in [0.5, 0.6) is 5.75 Å². The number of hydrogen-bond acceptors (Lipinski definition) is 3. The summed E-state index contributed by atoms with van der Waals surface area (Å²) in [5.41, 5.74) is 5.97. The Labute approximate surface area is 171 Å². The SMILES string of the molecule is CCOc1ccc(NC(=O)C(=O)c2cc(C)n(-c3cccc(C)c3C)c2C)cc1. The van der Waals surface area contributed by atoms with Crippen LogP contribution in [0, 0.1) is 27.7 Å². The summed E-state index contributed by atoms with van der Waals surface area (Å²) in [5.74, 6) is -0.493. The summed E-state index contributed by atoms with van der Waals surface area (Å²) in [6, 6.07) is 14.8. The van der Waals surface area contributed by atoms with Crippen LogP contribution in [0.3, 0.4) is 0 Å². The summed E-state index contributed by atoms with van der Waals surface area (Å²) < 4.78 is 7.42. The molecular formula is C24H26N2O3. The van der Waals surface area contributed by atoms with Gasteiger partial charge in [-0.05, 0) is 82.1 Å². The first-order valence-corrected chi connectivity index (χ1v) is 9.67. The van der Waals surface area contributed by atoms with E-state index in [9.17, 15) is 9.59 Å². The number of ketones is 1. The van der Waals surface area contributed by atoms with Gasteiger partial charge in [0.2, 0.25) is 0 Å². The maximum Gasteiger partial charge on any atom is 0.296 e. The van der Waals surface area contributed by atoms with E-state index in [1.54, 1.807) is 30.3 Å². The monoisotopic (exact) mass is 390 g/mol. The van der Waals surface area contributed by atoms with E-state index in [-0.39, 0.29) is 0 Å². The van der Waals surface area contributed by atoms with Gasteiger partial charge in [-0.1, -0.05) is 12.1 Å². The van der Waals surface area contributed by atoms with Crippen molar-refractivity contribution in [3.8, 4) is 11.4 Å². The predicted octanol–water partition coefficient (Wildman–Crippen LogP) is 4.93. The van der Waals surface area contributed by atoms with Gasteiger partial charge in [0, 0.05) is 28.3 Å². The lowest BCUT2D eigenvalue weighted by atomic mass is 10.1. The largest absolute Gasteiger partial charge is 0.494 e. The first kappa shape index (κ1) is 20.4. The van der Waals surface area contributed by atoms with E-state index in [1.807, 2.05) is 37.5 Å². The van der Waals surface area contributed by atoms with E-state index in [1.165, 1.54) is 5.56 Å². The molecule has 29 heavy (non-hydrogen) atoms. The number of carbonyl (C=O) groups is 2. The summed E-state index contributed by atoms with van der Waals surface area (Å²) in [5, 5.41) is 2.67. The summed E-state index contributed by atoms with van der Waals surface area (Å²) in [6.45, 7) is 10.4. The van der Waals surface area contributed by atoms with Crippen LogP contribution < -0.4 is 10.1 Å². The summed E-state index contributed by atoms with van der Waals surface area (Å²) in [6.07, 6.45) is 0. The number of carbonyl (C=O) groups excluding carboxylic acids is 2. The van der Waals surface area contributed by atoms with Gasteiger partial charge < -0.3 is 14.6 Å². The minimum absolute atomic E-state index is 0.409. The molecular weight excluding hydrogens is 364 g/mol. The molecule has 2 aromatic carbocycles. The third-order valence-corrected chi connectivity index (χ3v) is 5.12. The third kappa shape index (κ3) is 4.09. The number of hydrogen-bond donors (Lipinski definition) is 1. The van der Waals surface area contributed by atoms with Crippen molar-refractivity contribution in [1.29, 1.82) is 0 Å². The van der Waals surface area contributed by atoms with Crippen molar-refractivity contribution < 1.29 is 14.3 Å². The Balaban J connectivity index is 1.86. The first-order valence-electron chi connectivity index (χ1n) is 9.67. The van der Waals surface area contributed by atoms with E-state index >= 15 is 0 Å². The fourth-order valence-corrected chi connectivity index (χ4v) is 3.45. The van der Waals surface area contributed by atoms with Gasteiger partial charge in [0.25, 0.3) is 11.7 Å². The maximum absolute atomic E-state index is 12.8. The molecule has 3 rings (SSSR count). The number of anilines is 1. The molecule has 0 atom stereocenters. The molecule has 1 aromatic heterocycles. The summed E-state index contributed by atoms with van der Waals surface area (Å²) >= 11 is 0. The molecule has 0 unspecified atom stereocenters. The van der Waals surface area contributed by atoms with Gasteiger partial charge in [0.1, 0.15) is 5.75 Å². The number of benzene rings is 2. The van der Waals surface area contributed by atoms with Crippen molar-refractivity contribution in [2.45, 2.75) is 34.6 Å². The number of aryl methyl sites for hydroxylation is 2. The standard InChI is InChI=1S/C24H26N2O3/c1-6-29-20-12-10-19(11-13-20)25-24(28)23(27)21-14-16(3)26(18(21)5)22-9-7-8-15(2)17(22)4/h7-14H,6H2,1-5H3,(H,25,28). The molecule has 0 aliphatic rings. The van der Waals surface area contributed by atoms with Gasteiger partial charge in [-0.2, -0.15) is 0 Å². The van der Waals surface area contributed by atoms with Crippen LogP contribution in [0.1, 0.15) is 39.8 Å². The number of nitrogens with zero attached hydrogens (tertiary/aromatic N) is 1. The summed E-state index contributed by atoms with van der Waals surface area (Å²) in [4.78, 5) is 25.4. The average Bonchev–Trinajstić information content (AvgIpc) is 2.99. The Morgan fingerprint density at radius 3 is 2.34 bits per heavy atom. The second-order valence-electron chi connectivity index (χ2n) is 7.08. The van der Waals surface area contributed by atoms with Gasteiger partial charge in [0.15, 0.2) is 0 Å². The molecule has 1 amide bonds. The highest BCUT2D eigenvalue weighted by molar-refractivity contribution is 6.46. The van der Waals surface area contributed by atoms with Gasteiger partial charge >= 0.3 is 0 Å². The molecule has 150 valence electrons. The number of rotatable bonds is 6. The molecule has 0 aliphatic heterocycles. The van der Waals surface area contributed by atoms with Crippen molar-refractivity contribution >= 4 is 17.4 Å². The van der Waals surface area contributed by atoms with Gasteiger partial charge in [0.05, 0.1) is 6.61 Å². The number of ether oxygens (including phenoxy) is 1. The lowest BCUT2D eigenvalue weighted by Crippen LogP contribution is -2.23. The number of Topliss-reactive ketones (excluding diaryl/α,β-unsaturated/α-hetero) is 1. The highest BCUT2D eigenvalue weighted by Crippen LogP contribution is 2.25. The molecule has 3 aromatic rings. The summed E-state index contributed by atoms with van der Waals surface area (Å²) in [7, 11) is 0. The van der Waals surface area contributed by atoms with Crippen LogP contribution in [0.4, 0.5) is 5.69 Å². The van der Waals surface area contributed by atoms with E-state index in [0.29, 0.717) is 23.6 Å². The maximum atomic E-state index is 12.8. The zero-order chi connectivity index (χ0) is 21.1. The normalized spacial score (nSPS) is 10.7. The minimum atomic E-state index is -0.657. The zero-order valence-corrected chi connectivity index (χ0v) is 17.5. The average molecular weight is 390 g/mol. The first-order chi connectivity index (χ1) is 13.8. The van der Waals surface area contributed by atoms with Crippen LogP contribution in [-0.4, -0.2) is 22.9 Å². The van der Waals surface area contributed by atoms with Crippen LogP contribution in [0.2, 0.25) is 0 Å². The van der Waals surface area contributed by atoms with Gasteiger partial charge in [-0.15, -0.1) is 0 Å². The smallest absolute Gasteiger partial charge is 0.296 e. The van der Waals surface area contributed by atoms with E-state index in [4.69, 9.17) is 4.74 Å². The molecule has 0 fully saturated rings. The second kappa shape index (κ2) is 8.35. The zero-order valence-electron chi connectivity index (χ0n) is 17.5. The lowest BCUT2D eigenvalue weighted by molar-refractivity contribution is -0.112. The van der Waals surface area contributed by atoms with E-state index in [2.05, 4.69) is 25.2 Å². The fraction of sp³-hybridized carbons (Fsp3) is 0.250. The second-order valence-corrected chi connectivity index (χ2v) is 7.08. The van der Waals surface area contributed by atoms with E-state index in [0.717, 1.165) is 22.6 Å². The Kier molecular flexibility index (Phi) is 5.87. The molecule has 0 spiro atoms. The topological polar surface area (TPSA) is 60.3 Å². The van der Waals surface area contributed by atoms with Gasteiger partial charge in [-0.25, -0.2) is 0 Å². The van der Waals surface area contributed by atoms with Crippen molar-refractivity contribution in [2.24, 2.45) is 0 Å². The fourth-order valence-electron chi connectivity index (χ4n) is 3.45. The Hall–Kier alpha value is -3.34. The lowest BCUT2D eigenvalue weighted by Gasteiger charge is -2.14. The Bertz CT molecular complexity index is 1060. The number of aromatic nitrogens is 1. The van der Waals surface area contributed by atoms with Crippen LogP contribution in [-0.2, 0) is 4.79 Å². The van der Waals surface area contributed by atoms with Crippen molar-refractivity contribution in [1.82, 2.24) is 4.57 Å². The highest BCUT2D eigenvalue weighted by Gasteiger charge is 2.23. The number of amides is 1. The molecule has 0 bridgehead atoms. The molecule has 5 nitrogen and oxygen atoms in total. The van der Waals surface area contributed by atoms with Crippen molar-refractivity contribution in [3.05, 3.63) is 76.6 Å². The molecule has 1 heterocycles. The van der Waals surface area contributed by atoms with Crippen molar-refractivity contribution in [3.63, 3.8) is 0 Å². The quantitative estimate of drug-likeness (QED) is 0.479. The van der Waals surface area contributed by atoms with Crippen LogP contribution in [0.25, 0.3) is 5.69 Å². The van der Waals surface area contributed by atoms with Crippen molar-refractivity contribution in [2.75, 3.05) is 11.9 Å². The predicted molar refractivity (Wildman–Crippen MR) is 115 cm³/mol. The molecule has 0 aliphatic carbocycles. The Morgan fingerprint density at radius 1 is 1.00 bits per heavy atom. The number of nitrogens with one attached hydrogen (secondary N) is 1. The highest BCUT2D eigenvalue weighted by atomic mass is 16.5. The van der Waals surface area contributed by atoms with Crippen LogP contribution in [0.15, 0.2) is 48.5 Å². The van der Waals surface area contributed by atoms with Crippen LogP contribution >= 0.6 is 0 Å². The molecule has 5 heteroatoms. The van der Waals surface area contributed by atoms with Gasteiger partial charge in [-0.3, -0.25) is 9.59 Å². The molecule has 1 N–H and O–H groups in total. The third-order valence-electron chi connectivity index (χ3n) is 5.12. The Morgan fingerprint density at radius 2 is 1.69 bits per heavy atom. The molecule has 0 radical (unpaired) electrons. The molecule has 0 saturated carbocycles. The molecule has 0 saturated heterocycles. The van der Waals surface area contributed by atoms with E-state index < -0.39 is 11.7 Å².